The van der Waals surface area contributed by atoms with Gasteiger partial charge in [0.1, 0.15) is 5.82 Å². The lowest BCUT2D eigenvalue weighted by Gasteiger charge is -2.06. The number of hydrogen-bond acceptors (Lipinski definition) is 5. The number of nitrogens with zero attached hydrogens (tertiary/aromatic N) is 3. The Morgan fingerprint density at radius 2 is 1.92 bits per heavy atom. The molecule has 122 valence electrons. The average molecular weight is 328 g/mol. The fourth-order valence-corrected chi connectivity index (χ4v) is 2.22. The zero-order chi connectivity index (χ0) is 17.1. The van der Waals surface area contributed by atoms with Gasteiger partial charge in [-0.1, -0.05) is 0 Å². The summed E-state index contributed by atoms with van der Waals surface area (Å²) in [4.78, 5) is 27.4. The van der Waals surface area contributed by atoms with E-state index >= 15 is 0 Å². The summed E-state index contributed by atoms with van der Waals surface area (Å²) < 4.78 is 14.6. The van der Waals surface area contributed by atoms with Crippen LogP contribution in [0.2, 0.25) is 0 Å². The minimum atomic E-state index is -0.523. The van der Waals surface area contributed by atoms with Gasteiger partial charge in [-0.25, -0.2) is 14.9 Å². The molecule has 0 fully saturated rings. The van der Waals surface area contributed by atoms with Gasteiger partial charge in [-0.05, 0) is 24.3 Å². The van der Waals surface area contributed by atoms with Crippen molar-refractivity contribution < 1.29 is 14.0 Å². The van der Waals surface area contributed by atoms with Crippen LogP contribution in [0.1, 0.15) is 10.4 Å². The van der Waals surface area contributed by atoms with E-state index in [2.05, 4.69) is 15.4 Å². The van der Waals surface area contributed by atoms with Gasteiger partial charge in [0.2, 0.25) is 0 Å². The van der Waals surface area contributed by atoms with Crippen molar-refractivity contribution in [2.75, 3.05) is 6.54 Å². The lowest BCUT2D eigenvalue weighted by Crippen LogP contribution is -2.40. The number of hydrazine groups is 1. The van der Waals surface area contributed by atoms with Crippen LogP contribution in [0.25, 0.3) is 16.6 Å². The molecule has 0 saturated carbocycles. The molecule has 2 heterocycles. The Bertz CT molecular complexity index is 906. The van der Waals surface area contributed by atoms with E-state index in [1.165, 1.54) is 24.5 Å². The molecule has 3 aromatic rings. The molecular weight excluding hydrogens is 315 g/mol. The second-order valence-electron chi connectivity index (χ2n) is 4.90. The molecule has 0 spiro atoms. The molecule has 24 heavy (non-hydrogen) atoms. The molecule has 0 unspecified atom stereocenters. The number of nitrogens with two attached hydrogens (primary N) is 1. The molecule has 2 aromatic heterocycles. The van der Waals surface area contributed by atoms with Crippen LogP contribution < -0.4 is 16.6 Å². The van der Waals surface area contributed by atoms with Gasteiger partial charge in [0.15, 0.2) is 0 Å². The molecular formula is C15H13FN6O2. The largest absolute Gasteiger partial charge is 0.343 e. The zero-order valence-electron chi connectivity index (χ0n) is 12.4. The maximum Gasteiger partial charge on any atom is 0.254 e. The molecule has 8 nitrogen and oxygen atoms in total. The number of carbonyl (C=O) groups excluding carboxylic acids is 2. The average Bonchev–Trinajstić information content (AvgIpc) is 3.04. The number of nitrogens with one attached hydrogen (secondary N) is 2. The lowest BCUT2D eigenvalue weighted by atomic mass is 10.2. The summed E-state index contributed by atoms with van der Waals surface area (Å²) in [5.41, 5.74) is 3.41. The van der Waals surface area contributed by atoms with Gasteiger partial charge in [0, 0.05) is 11.6 Å². The number of hydrogen-bond donors (Lipinski definition) is 3. The first-order chi connectivity index (χ1) is 11.6. The van der Waals surface area contributed by atoms with Crippen molar-refractivity contribution in [2.24, 2.45) is 5.84 Å². The molecule has 0 aliphatic carbocycles. The molecule has 0 radical (unpaired) electrons. The van der Waals surface area contributed by atoms with E-state index in [1.54, 1.807) is 23.0 Å². The molecule has 0 saturated heterocycles. The van der Waals surface area contributed by atoms with Gasteiger partial charge >= 0.3 is 0 Å². The second kappa shape index (κ2) is 6.42. The minimum Gasteiger partial charge on any atom is -0.343 e. The van der Waals surface area contributed by atoms with Gasteiger partial charge in [-0.15, -0.1) is 0 Å². The second-order valence-corrected chi connectivity index (χ2v) is 4.90. The van der Waals surface area contributed by atoms with E-state index in [9.17, 15) is 14.0 Å². The molecule has 3 rings (SSSR count). The number of amides is 2. The van der Waals surface area contributed by atoms with Crippen LogP contribution in [0.3, 0.4) is 0 Å². The highest BCUT2D eigenvalue weighted by molar-refractivity contribution is 6.06. The van der Waals surface area contributed by atoms with Crippen LogP contribution in [0.5, 0.6) is 0 Å². The Kier molecular flexibility index (Phi) is 4.17. The summed E-state index contributed by atoms with van der Waals surface area (Å²) in [6, 6.07) is 5.77. The molecule has 0 atom stereocenters. The van der Waals surface area contributed by atoms with Crippen LogP contribution in [0.15, 0.2) is 42.9 Å². The number of fused-ring (bicyclic) bond motifs is 1. The molecule has 1 aromatic carbocycles. The van der Waals surface area contributed by atoms with Gasteiger partial charge in [0.05, 0.1) is 35.7 Å². The van der Waals surface area contributed by atoms with E-state index in [0.29, 0.717) is 16.6 Å². The molecule has 2 amide bonds. The Labute approximate surface area is 135 Å². The Hall–Kier alpha value is -3.33. The summed E-state index contributed by atoms with van der Waals surface area (Å²) in [5.74, 6) is 3.61. The quantitative estimate of drug-likeness (QED) is 0.361. The van der Waals surface area contributed by atoms with Crippen molar-refractivity contribution >= 4 is 22.7 Å². The molecule has 4 N–H and O–H groups in total. The van der Waals surface area contributed by atoms with Crippen LogP contribution in [0, 0.1) is 5.82 Å². The number of rotatable bonds is 4. The van der Waals surface area contributed by atoms with Crippen LogP contribution in [-0.2, 0) is 4.79 Å². The lowest BCUT2D eigenvalue weighted by molar-refractivity contribution is -0.120. The summed E-state index contributed by atoms with van der Waals surface area (Å²) in [7, 11) is 0. The highest BCUT2D eigenvalue weighted by atomic mass is 19.1. The topological polar surface area (TPSA) is 115 Å². The number of halogens is 1. The maximum atomic E-state index is 13.1. The normalized spacial score (nSPS) is 10.6. The van der Waals surface area contributed by atoms with E-state index < -0.39 is 11.8 Å². The third-order valence-corrected chi connectivity index (χ3v) is 3.38. The number of aromatic nitrogens is 3. The van der Waals surface area contributed by atoms with E-state index in [4.69, 9.17) is 5.84 Å². The van der Waals surface area contributed by atoms with E-state index in [1.807, 2.05) is 5.43 Å². The van der Waals surface area contributed by atoms with Crippen molar-refractivity contribution in [1.82, 2.24) is 25.5 Å². The maximum absolute atomic E-state index is 13.1. The molecule has 0 aliphatic heterocycles. The Balaban J connectivity index is 1.96. The number of pyridine rings is 1. The summed E-state index contributed by atoms with van der Waals surface area (Å²) in [6.07, 6.45) is 4.45. The van der Waals surface area contributed by atoms with Crippen molar-refractivity contribution in [3.05, 3.63) is 54.2 Å². The summed E-state index contributed by atoms with van der Waals surface area (Å²) >= 11 is 0. The number of carbonyl (C=O) groups is 2. The van der Waals surface area contributed by atoms with Crippen LogP contribution in [0.4, 0.5) is 4.39 Å². The predicted octanol–water partition coefficient (Wildman–Crippen LogP) is 0.279. The Morgan fingerprint density at radius 3 is 2.62 bits per heavy atom. The van der Waals surface area contributed by atoms with Gasteiger partial charge in [-0.2, -0.15) is 5.10 Å². The Morgan fingerprint density at radius 1 is 1.17 bits per heavy atom. The third kappa shape index (κ3) is 2.92. The highest BCUT2D eigenvalue weighted by Crippen LogP contribution is 2.20. The SMILES string of the molecule is NNC(=O)CNC(=O)c1cncc2c1cnn2-c1ccc(F)cc1. The smallest absolute Gasteiger partial charge is 0.254 e. The fourth-order valence-electron chi connectivity index (χ4n) is 2.22. The van der Waals surface area contributed by atoms with Gasteiger partial charge in [-0.3, -0.25) is 20.0 Å². The minimum absolute atomic E-state index is 0.252. The van der Waals surface area contributed by atoms with Crippen LogP contribution >= 0.6 is 0 Å². The van der Waals surface area contributed by atoms with Crippen molar-refractivity contribution in [1.29, 1.82) is 0 Å². The van der Waals surface area contributed by atoms with Gasteiger partial charge in [0.25, 0.3) is 11.8 Å². The third-order valence-electron chi connectivity index (χ3n) is 3.38. The molecule has 0 bridgehead atoms. The predicted molar refractivity (Wildman–Crippen MR) is 83.5 cm³/mol. The van der Waals surface area contributed by atoms with Crippen molar-refractivity contribution in [3.63, 3.8) is 0 Å². The van der Waals surface area contributed by atoms with Crippen LogP contribution in [-0.4, -0.2) is 33.1 Å². The zero-order valence-corrected chi connectivity index (χ0v) is 12.4. The first-order valence-electron chi connectivity index (χ1n) is 6.95. The number of benzene rings is 1. The first-order valence-corrected chi connectivity index (χ1v) is 6.95. The van der Waals surface area contributed by atoms with E-state index in [-0.39, 0.29) is 17.9 Å². The molecule has 0 aliphatic rings. The highest BCUT2D eigenvalue weighted by Gasteiger charge is 2.15. The standard InChI is InChI=1S/C15H13FN6O2/c16-9-1-3-10(4-2-9)22-13-7-18-5-12(11(13)6-20-22)15(24)19-8-14(23)21-17/h1-7H,8,17H2,(H,19,24)(H,21,23). The first kappa shape index (κ1) is 15.6. The van der Waals surface area contributed by atoms with Crippen molar-refractivity contribution in [3.8, 4) is 5.69 Å². The monoisotopic (exact) mass is 328 g/mol. The summed E-state index contributed by atoms with van der Waals surface area (Å²) in [5, 5.41) is 7.22. The van der Waals surface area contributed by atoms with E-state index in [0.717, 1.165) is 0 Å². The van der Waals surface area contributed by atoms with Crippen molar-refractivity contribution in [2.45, 2.75) is 0 Å². The van der Waals surface area contributed by atoms with Gasteiger partial charge < -0.3 is 5.32 Å². The summed E-state index contributed by atoms with van der Waals surface area (Å²) in [6.45, 7) is -0.252. The molecule has 9 heteroatoms. The fraction of sp³-hybridized carbons (Fsp3) is 0.0667.